The molecule has 0 radical (unpaired) electrons. The van der Waals surface area contributed by atoms with Gasteiger partial charge in [0.2, 0.25) is 5.91 Å². The molecule has 6 nitrogen and oxygen atoms in total. The summed E-state index contributed by atoms with van der Waals surface area (Å²) in [4.78, 5) is 12.8. The summed E-state index contributed by atoms with van der Waals surface area (Å²) in [6, 6.07) is 9.06. The van der Waals surface area contributed by atoms with Gasteiger partial charge in [-0.2, -0.15) is 5.26 Å². The van der Waals surface area contributed by atoms with Crippen LogP contribution < -0.4 is 10.6 Å². The zero-order chi connectivity index (χ0) is 22.7. The van der Waals surface area contributed by atoms with Gasteiger partial charge in [0.15, 0.2) is 0 Å². The van der Waals surface area contributed by atoms with E-state index in [1.54, 1.807) is 0 Å². The van der Waals surface area contributed by atoms with Crippen molar-refractivity contribution in [2.45, 2.75) is 78.0 Å². The maximum absolute atomic E-state index is 12.8. The van der Waals surface area contributed by atoms with Crippen LogP contribution in [0.25, 0.3) is 0 Å². The van der Waals surface area contributed by atoms with Crippen molar-refractivity contribution in [2.75, 3.05) is 18.5 Å². The molecular weight excluding hydrogens is 400 g/mol. The van der Waals surface area contributed by atoms with Crippen molar-refractivity contribution in [1.82, 2.24) is 9.88 Å². The first kappa shape index (κ1) is 22.6. The Morgan fingerprint density at radius 3 is 2.75 bits per heavy atom. The normalized spacial score (nSPS) is 18.8. The molecule has 2 atom stereocenters. The minimum atomic E-state index is -0.141. The second-order valence-electron chi connectivity index (χ2n) is 9.18. The molecule has 1 aliphatic carbocycles. The van der Waals surface area contributed by atoms with E-state index in [0.29, 0.717) is 17.9 Å². The van der Waals surface area contributed by atoms with E-state index in [1.165, 1.54) is 36.0 Å². The largest absolute Gasteiger partial charge is 0.376 e. The summed E-state index contributed by atoms with van der Waals surface area (Å²) in [6.45, 7) is 7.65. The number of aromatic nitrogens is 1. The van der Waals surface area contributed by atoms with Crippen LogP contribution in [0.1, 0.15) is 72.2 Å². The van der Waals surface area contributed by atoms with Gasteiger partial charge in [0.1, 0.15) is 11.9 Å². The number of aryl methyl sites for hydroxylation is 2. The van der Waals surface area contributed by atoms with Gasteiger partial charge in [-0.3, -0.25) is 4.79 Å². The maximum Gasteiger partial charge on any atom is 0.239 e. The van der Waals surface area contributed by atoms with E-state index >= 15 is 0 Å². The van der Waals surface area contributed by atoms with Crippen molar-refractivity contribution in [2.24, 2.45) is 0 Å². The summed E-state index contributed by atoms with van der Waals surface area (Å²) in [6.07, 6.45) is 7.04. The molecule has 0 bridgehead atoms. The van der Waals surface area contributed by atoms with Crippen molar-refractivity contribution >= 4 is 11.7 Å². The first-order chi connectivity index (χ1) is 15.5. The molecule has 2 aromatic rings. The standard InChI is InChI=1S/C26H34N4O2/c1-17-19(3)30(16-23-9-6-12-32-23)26(24(17)14-27)29-25(31)15-28-18(2)21-11-10-20-7-4-5-8-22(20)13-21/h10-11,13,18,23,28H,4-9,12,15-16H2,1-3H3,(H,29,31)/t18-,23-/m0/s1. The van der Waals surface area contributed by atoms with E-state index in [0.717, 1.165) is 37.1 Å². The lowest BCUT2D eigenvalue weighted by atomic mass is 9.89. The predicted octanol–water partition coefficient (Wildman–Crippen LogP) is 4.32. The van der Waals surface area contributed by atoms with Gasteiger partial charge < -0.3 is 19.9 Å². The monoisotopic (exact) mass is 434 g/mol. The predicted molar refractivity (Wildman–Crippen MR) is 126 cm³/mol. The van der Waals surface area contributed by atoms with Crippen molar-refractivity contribution in [3.8, 4) is 6.07 Å². The number of amides is 1. The Morgan fingerprint density at radius 2 is 2.03 bits per heavy atom. The average molecular weight is 435 g/mol. The number of ether oxygens (including phenoxy) is 1. The van der Waals surface area contributed by atoms with Crippen LogP contribution in [0.2, 0.25) is 0 Å². The molecule has 170 valence electrons. The van der Waals surface area contributed by atoms with Crippen LogP contribution in [0.4, 0.5) is 5.82 Å². The van der Waals surface area contributed by atoms with Gasteiger partial charge >= 0.3 is 0 Å². The lowest BCUT2D eigenvalue weighted by molar-refractivity contribution is -0.115. The summed E-state index contributed by atoms with van der Waals surface area (Å²) in [5.41, 5.74) is 6.58. The fraction of sp³-hybridized carbons (Fsp3) is 0.538. The zero-order valence-corrected chi connectivity index (χ0v) is 19.5. The minimum absolute atomic E-state index is 0.0746. The van der Waals surface area contributed by atoms with Crippen molar-refractivity contribution in [3.05, 3.63) is 51.7 Å². The zero-order valence-electron chi connectivity index (χ0n) is 19.5. The number of carbonyl (C=O) groups excluding carboxylic acids is 1. The van der Waals surface area contributed by atoms with Gasteiger partial charge in [-0.15, -0.1) is 0 Å². The molecule has 2 N–H and O–H groups in total. The molecule has 1 aromatic carbocycles. The van der Waals surface area contributed by atoms with E-state index in [-0.39, 0.29) is 24.6 Å². The molecule has 2 heterocycles. The Hall–Kier alpha value is -2.62. The highest BCUT2D eigenvalue weighted by Gasteiger charge is 2.24. The Labute approximate surface area is 191 Å². The minimum Gasteiger partial charge on any atom is -0.376 e. The number of nitrogens with zero attached hydrogens (tertiary/aromatic N) is 2. The fourth-order valence-electron chi connectivity index (χ4n) is 4.91. The topological polar surface area (TPSA) is 79.1 Å². The number of fused-ring (bicyclic) bond motifs is 1. The number of hydrogen-bond acceptors (Lipinski definition) is 4. The number of hydrogen-bond donors (Lipinski definition) is 2. The Kier molecular flexibility index (Phi) is 6.98. The van der Waals surface area contributed by atoms with Crippen LogP contribution in [-0.4, -0.2) is 29.7 Å². The molecule has 1 amide bonds. The van der Waals surface area contributed by atoms with Gasteiger partial charge in [-0.05, 0) is 81.5 Å². The average Bonchev–Trinajstić information content (AvgIpc) is 3.40. The molecule has 0 unspecified atom stereocenters. The van der Waals surface area contributed by atoms with Gasteiger partial charge in [0.25, 0.3) is 0 Å². The van der Waals surface area contributed by atoms with Gasteiger partial charge in [-0.1, -0.05) is 18.2 Å². The molecular formula is C26H34N4O2. The summed E-state index contributed by atoms with van der Waals surface area (Å²) < 4.78 is 7.83. The third-order valence-electron chi connectivity index (χ3n) is 7.05. The fourth-order valence-corrected chi connectivity index (χ4v) is 4.91. The molecule has 0 saturated carbocycles. The van der Waals surface area contributed by atoms with E-state index in [9.17, 15) is 10.1 Å². The lowest BCUT2D eigenvalue weighted by Gasteiger charge is -2.20. The summed E-state index contributed by atoms with van der Waals surface area (Å²) >= 11 is 0. The molecule has 1 aromatic heterocycles. The number of nitrogens with one attached hydrogen (secondary N) is 2. The number of nitriles is 1. The van der Waals surface area contributed by atoms with Crippen LogP contribution >= 0.6 is 0 Å². The molecule has 4 rings (SSSR count). The lowest BCUT2D eigenvalue weighted by Crippen LogP contribution is -2.31. The molecule has 1 fully saturated rings. The Morgan fingerprint density at radius 1 is 1.25 bits per heavy atom. The number of rotatable bonds is 7. The van der Waals surface area contributed by atoms with E-state index in [1.807, 2.05) is 18.4 Å². The third-order valence-corrected chi connectivity index (χ3v) is 7.05. The number of benzene rings is 1. The van der Waals surface area contributed by atoms with Crippen LogP contribution in [0, 0.1) is 25.2 Å². The molecule has 1 saturated heterocycles. The number of carbonyl (C=O) groups is 1. The third kappa shape index (κ3) is 4.74. The maximum atomic E-state index is 12.8. The quantitative estimate of drug-likeness (QED) is 0.680. The molecule has 1 aliphatic heterocycles. The van der Waals surface area contributed by atoms with Crippen LogP contribution in [0.5, 0.6) is 0 Å². The van der Waals surface area contributed by atoms with E-state index in [4.69, 9.17) is 4.74 Å². The van der Waals surface area contributed by atoms with Gasteiger partial charge in [0, 0.05) is 18.3 Å². The second kappa shape index (κ2) is 9.89. The van der Waals surface area contributed by atoms with Crippen molar-refractivity contribution in [1.29, 1.82) is 5.26 Å². The van der Waals surface area contributed by atoms with Crippen LogP contribution in [0.3, 0.4) is 0 Å². The van der Waals surface area contributed by atoms with Crippen molar-refractivity contribution in [3.63, 3.8) is 0 Å². The first-order valence-corrected chi connectivity index (χ1v) is 11.8. The van der Waals surface area contributed by atoms with E-state index in [2.05, 4.69) is 41.8 Å². The summed E-state index contributed by atoms with van der Waals surface area (Å²) in [5, 5.41) is 16.1. The Bertz CT molecular complexity index is 1030. The molecule has 2 aliphatic rings. The summed E-state index contributed by atoms with van der Waals surface area (Å²) in [7, 11) is 0. The molecule has 6 heteroatoms. The van der Waals surface area contributed by atoms with Crippen LogP contribution in [-0.2, 0) is 28.9 Å². The Balaban J connectivity index is 1.42. The van der Waals surface area contributed by atoms with Gasteiger partial charge in [-0.25, -0.2) is 0 Å². The highest BCUT2D eigenvalue weighted by molar-refractivity contribution is 5.93. The van der Waals surface area contributed by atoms with Gasteiger partial charge in [0.05, 0.1) is 24.8 Å². The summed E-state index contributed by atoms with van der Waals surface area (Å²) in [5.74, 6) is 0.448. The van der Waals surface area contributed by atoms with Crippen LogP contribution in [0.15, 0.2) is 18.2 Å². The first-order valence-electron chi connectivity index (χ1n) is 11.8. The number of anilines is 1. The highest BCUT2D eigenvalue weighted by Crippen LogP contribution is 2.29. The molecule has 0 spiro atoms. The highest BCUT2D eigenvalue weighted by atomic mass is 16.5. The van der Waals surface area contributed by atoms with E-state index < -0.39 is 0 Å². The smallest absolute Gasteiger partial charge is 0.239 e. The second-order valence-corrected chi connectivity index (χ2v) is 9.18. The molecule has 32 heavy (non-hydrogen) atoms. The van der Waals surface area contributed by atoms with Crippen molar-refractivity contribution < 1.29 is 9.53 Å². The SMILES string of the molecule is Cc1c(C#N)c(NC(=O)CN[C@@H](C)c2ccc3c(c2)CCCC3)n(C[C@@H]2CCCO2)c1C.